The minimum atomic E-state index is -1.02. The smallest absolute Gasteiger partial charge is 0.338 e. The number of esters is 1. The minimum Gasteiger partial charge on any atom is -0.478 e. The van der Waals surface area contributed by atoms with Crippen LogP contribution in [-0.2, 0) is 9.53 Å². The maximum absolute atomic E-state index is 13.7. The maximum atomic E-state index is 13.7. The fraction of sp³-hybridized carbons (Fsp3) is 0.143. The molecule has 0 aliphatic carbocycles. The van der Waals surface area contributed by atoms with Crippen molar-refractivity contribution in [3.8, 4) is 11.3 Å². The molecule has 2 aromatic heterocycles. The van der Waals surface area contributed by atoms with Crippen LogP contribution >= 0.6 is 11.3 Å². The van der Waals surface area contributed by atoms with Crippen LogP contribution in [0, 0.1) is 5.82 Å². The maximum Gasteiger partial charge on any atom is 0.338 e. The molecule has 2 aromatic carbocycles. The summed E-state index contributed by atoms with van der Waals surface area (Å²) in [5.41, 5.74) is 1.62. The molecule has 0 bridgehead atoms. The van der Waals surface area contributed by atoms with E-state index < -0.39 is 23.8 Å². The molecule has 1 N–H and O–H groups in total. The number of carboxylic acid groups (broad SMARTS) is 1. The van der Waals surface area contributed by atoms with Gasteiger partial charge in [0.25, 0.3) is 5.56 Å². The number of aromatic carboxylic acids is 1. The molecule has 1 aliphatic heterocycles. The second kappa shape index (κ2) is 10.1. The van der Waals surface area contributed by atoms with Gasteiger partial charge in [0.1, 0.15) is 17.3 Å². The molecule has 0 radical (unpaired) electrons. The fourth-order valence-corrected chi connectivity index (χ4v) is 5.27. The van der Waals surface area contributed by atoms with Gasteiger partial charge >= 0.3 is 11.9 Å². The van der Waals surface area contributed by atoms with Crippen molar-refractivity contribution in [1.29, 1.82) is 0 Å². The summed E-state index contributed by atoms with van der Waals surface area (Å²) < 4.78 is 26.6. The van der Waals surface area contributed by atoms with Crippen LogP contribution in [0.15, 0.2) is 86.1 Å². The number of fused-ring (bicyclic) bond motifs is 1. The normalized spacial score (nSPS) is 15.2. The standard InChI is InChI=1S/C28H21FN2O6S/c1-3-36-27(35)23-15(2)30-28-31(24(23)17-8-10-19(29)11-9-17)25(32)22(38-28)14-20-12-13-21(37-20)16-4-6-18(7-5-16)26(33)34/h4-14,24H,3H2,1-2H3,(H,33,34)/b22-14+. The Labute approximate surface area is 219 Å². The van der Waals surface area contributed by atoms with E-state index in [-0.39, 0.29) is 23.3 Å². The van der Waals surface area contributed by atoms with Crippen LogP contribution in [0.5, 0.6) is 0 Å². The van der Waals surface area contributed by atoms with Crippen molar-refractivity contribution in [2.75, 3.05) is 6.61 Å². The number of furan rings is 1. The highest BCUT2D eigenvalue weighted by atomic mass is 32.1. The molecular weight excluding hydrogens is 511 g/mol. The lowest BCUT2D eigenvalue weighted by Gasteiger charge is -2.24. The van der Waals surface area contributed by atoms with Gasteiger partial charge in [-0.1, -0.05) is 35.6 Å². The molecule has 0 spiro atoms. The van der Waals surface area contributed by atoms with Crippen LogP contribution < -0.4 is 14.9 Å². The van der Waals surface area contributed by atoms with Crippen molar-refractivity contribution < 1.29 is 28.2 Å². The van der Waals surface area contributed by atoms with E-state index in [4.69, 9.17) is 14.3 Å². The van der Waals surface area contributed by atoms with Crippen LogP contribution in [-0.4, -0.2) is 28.2 Å². The van der Waals surface area contributed by atoms with Crippen LogP contribution in [0.1, 0.15) is 41.6 Å². The lowest BCUT2D eigenvalue weighted by atomic mass is 9.96. The number of carbonyl (C=O) groups is 2. The Bertz CT molecular complexity index is 1760. The minimum absolute atomic E-state index is 0.149. The van der Waals surface area contributed by atoms with Gasteiger partial charge in [-0.3, -0.25) is 9.36 Å². The molecule has 0 amide bonds. The van der Waals surface area contributed by atoms with Gasteiger partial charge in [0, 0.05) is 11.6 Å². The summed E-state index contributed by atoms with van der Waals surface area (Å²) in [5.74, 6) is -1.14. The molecule has 4 aromatic rings. The Balaban J connectivity index is 1.59. The Morgan fingerprint density at radius 3 is 2.50 bits per heavy atom. The zero-order chi connectivity index (χ0) is 27.0. The Hall–Kier alpha value is -4.57. The van der Waals surface area contributed by atoms with Gasteiger partial charge in [-0.25, -0.2) is 19.0 Å². The van der Waals surface area contributed by atoms with Crippen molar-refractivity contribution in [3.05, 3.63) is 114 Å². The number of carboxylic acids is 1. The van der Waals surface area contributed by atoms with Crippen molar-refractivity contribution in [2.45, 2.75) is 19.9 Å². The molecule has 3 heterocycles. The van der Waals surface area contributed by atoms with Gasteiger partial charge in [-0.15, -0.1) is 0 Å². The predicted octanol–water partition coefficient (Wildman–Crippen LogP) is 3.90. The van der Waals surface area contributed by atoms with Gasteiger partial charge in [-0.2, -0.15) is 0 Å². The van der Waals surface area contributed by atoms with Crippen molar-refractivity contribution in [2.24, 2.45) is 4.99 Å². The predicted molar refractivity (Wildman–Crippen MR) is 138 cm³/mol. The molecule has 1 atom stereocenters. The summed E-state index contributed by atoms with van der Waals surface area (Å²) in [6.07, 6.45) is 1.59. The van der Waals surface area contributed by atoms with E-state index >= 15 is 0 Å². The van der Waals surface area contributed by atoms with Crippen molar-refractivity contribution >= 4 is 29.4 Å². The summed E-state index contributed by atoms with van der Waals surface area (Å²) in [6.45, 7) is 3.51. The monoisotopic (exact) mass is 532 g/mol. The zero-order valence-corrected chi connectivity index (χ0v) is 21.1. The number of aromatic nitrogens is 1. The summed E-state index contributed by atoms with van der Waals surface area (Å²) >= 11 is 1.14. The first-order valence-electron chi connectivity index (χ1n) is 11.7. The number of allylic oxidation sites excluding steroid dienone is 1. The van der Waals surface area contributed by atoms with Gasteiger partial charge in [-0.05, 0) is 55.8 Å². The molecule has 0 saturated carbocycles. The van der Waals surface area contributed by atoms with E-state index in [9.17, 15) is 18.8 Å². The second-order valence-corrected chi connectivity index (χ2v) is 9.45. The lowest BCUT2D eigenvalue weighted by molar-refractivity contribution is -0.139. The van der Waals surface area contributed by atoms with E-state index in [1.165, 1.54) is 41.0 Å². The highest BCUT2D eigenvalue weighted by Crippen LogP contribution is 2.31. The number of ether oxygens (including phenoxy) is 1. The summed E-state index contributed by atoms with van der Waals surface area (Å²) in [5, 5.41) is 9.09. The first-order chi connectivity index (χ1) is 18.3. The number of hydrogen-bond donors (Lipinski definition) is 1. The van der Waals surface area contributed by atoms with Crippen LogP contribution in [0.25, 0.3) is 17.4 Å². The Kier molecular flexibility index (Phi) is 6.64. The van der Waals surface area contributed by atoms with Gasteiger partial charge in [0.15, 0.2) is 4.80 Å². The van der Waals surface area contributed by atoms with E-state index in [2.05, 4.69) is 4.99 Å². The molecule has 192 valence electrons. The molecule has 0 saturated heterocycles. The number of halogens is 1. The third-order valence-electron chi connectivity index (χ3n) is 6.02. The molecular formula is C28H21FN2O6S. The number of benzene rings is 2. The topological polar surface area (TPSA) is 111 Å². The van der Waals surface area contributed by atoms with Crippen molar-refractivity contribution in [3.63, 3.8) is 0 Å². The van der Waals surface area contributed by atoms with Crippen molar-refractivity contribution in [1.82, 2.24) is 4.57 Å². The molecule has 38 heavy (non-hydrogen) atoms. The largest absolute Gasteiger partial charge is 0.478 e. The number of hydrogen-bond acceptors (Lipinski definition) is 7. The van der Waals surface area contributed by atoms with Gasteiger partial charge in [0.05, 0.1) is 34.0 Å². The number of carbonyl (C=O) groups excluding carboxylic acids is 1. The number of thiazole rings is 1. The average molecular weight is 533 g/mol. The van der Waals surface area contributed by atoms with Gasteiger partial charge in [0.2, 0.25) is 0 Å². The summed E-state index contributed by atoms with van der Waals surface area (Å²) in [6, 6.07) is 14.4. The van der Waals surface area contributed by atoms with Gasteiger partial charge < -0.3 is 14.3 Å². The van der Waals surface area contributed by atoms with E-state index in [1.54, 1.807) is 44.2 Å². The fourth-order valence-electron chi connectivity index (χ4n) is 4.24. The van der Waals surface area contributed by atoms with E-state index in [1.807, 2.05) is 0 Å². The Morgan fingerprint density at radius 2 is 1.84 bits per heavy atom. The number of nitrogens with zero attached hydrogens (tertiary/aromatic N) is 2. The quantitative estimate of drug-likeness (QED) is 0.377. The van der Waals surface area contributed by atoms with E-state index in [0.717, 1.165) is 11.3 Å². The third-order valence-corrected chi connectivity index (χ3v) is 7.00. The second-order valence-electron chi connectivity index (χ2n) is 8.44. The zero-order valence-electron chi connectivity index (χ0n) is 20.3. The van der Waals surface area contributed by atoms with Crippen LogP contribution in [0.4, 0.5) is 4.39 Å². The molecule has 5 rings (SSSR count). The highest BCUT2D eigenvalue weighted by molar-refractivity contribution is 7.07. The van der Waals surface area contributed by atoms with Crippen LogP contribution in [0.3, 0.4) is 0 Å². The molecule has 10 heteroatoms. The first kappa shape index (κ1) is 25.1. The lowest BCUT2D eigenvalue weighted by Crippen LogP contribution is -2.39. The van der Waals surface area contributed by atoms with E-state index in [0.29, 0.717) is 37.7 Å². The third kappa shape index (κ3) is 4.61. The molecule has 0 fully saturated rings. The summed E-state index contributed by atoms with van der Waals surface area (Å²) in [4.78, 5) is 42.5. The average Bonchev–Trinajstić information content (AvgIpc) is 3.48. The SMILES string of the molecule is CCOC(=O)C1=C(C)N=c2s/c(=C/c3ccc(-c4ccc(C(=O)O)cc4)o3)c(=O)n2C1c1ccc(F)cc1. The Morgan fingerprint density at radius 1 is 1.13 bits per heavy atom. The molecule has 8 nitrogen and oxygen atoms in total. The first-order valence-corrected chi connectivity index (χ1v) is 12.5. The highest BCUT2D eigenvalue weighted by Gasteiger charge is 2.33. The van der Waals surface area contributed by atoms with Crippen LogP contribution in [0.2, 0.25) is 0 Å². The molecule has 1 unspecified atom stereocenters. The summed E-state index contributed by atoms with van der Waals surface area (Å²) in [7, 11) is 0. The molecule has 1 aliphatic rings. The number of rotatable bonds is 6.